The number of carbonyl (C=O) groups is 4. The van der Waals surface area contributed by atoms with E-state index in [1.165, 1.54) is 6.92 Å². The third kappa shape index (κ3) is 3.85. The zero-order valence-corrected chi connectivity index (χ0v) is 17.7. The molecule has 11 heteroatoms. The lowest BCUT2D eigenvalue weighted by atomic mass is 9.81. The smallest absolute Gasteiger partial charge is 0.416 e. The van der Waals surface area contributed by atoms with Crippen molar-refractivity contribution < 1.29 is 37.1 Å². The van der Waals surface area contributed by atoms with Crippen LogP contribution in [0.25, 0.3) is 0 Å². The summed E-state index contributed by atoms with van der Waals surface area (Å²) in [6, 6.07) is 1.22. The molecule has 172 valence electrons. The molecule has 0 unspecified atom stereocenters. The average molecular weight is 473 g/mol. The van der Waals surface area contributed by atoms with Crippen LogP contribution in [0.1, 0.15) is 31.7 Å². The molecule has 1 aromatic carbocycles. The Kier molecular flexibility index (Phi) is 5.68. The van der Waals surface area contributed by atoms with Crippen LogP contribution in [0.4, 0.5) is 18.9 Å². The Balaban J connectivity index is 1.35. The molecule has 5 atom stereocenters. The summed E-state index contributed by atoms with van der Waals surface area (Å²) >= 11 is 5.83. The maximum atomic E-state index is 12.8. The van der Waals surface area contributed by atoms with Crippen molar-refractivity contribution in [1.29, 1.82) is 0 Å². The number of alkyl halides is 3. The first-order valence-corrected chi connectivity index (χ1v) is 10.6. The minimum absolute atomic E-state index is 0.125. The highest BCUT2D eigenvalue weighted by molar-refractivity contribution is 6.33. The van der Waals surface area contributed by atoms with E-state index in [9.17, 15) is 32.3 Å². The summed E-state index contributed by atoms with van der Waals surface area (Å²) in [5, 5.41) is 2.04. The van der Waals surface area contributed by atoms with Gasteiger partial charge in [0.2, 0.25) is 11.8 Å². The highest BCUT2D eigenvalue weighted by atomic mass is 35.5. The summed E-state index contributed by atoms with van der Waals surface area (Å²) in [4.78, 5) is 51.0. The topological polar surface area (TPSA) is 92.8 Å². The molecule has 7 nitrogen and oxygen atoms in total. The van der Waals surface area contributed by atoms with Gasteiger partial charge in [0.15, 0.2) is 6.61 Å². The predicted molar refractivity (Wildman–Crippen MR) is 105 cm³/mol. The summed E-state index contributed by atoms with van der Waals surface area (Å²) in [5.74, 6) is -3.07. The fourth-order valence-electron chi connectivity index (χ4n) is 5.16. The first-order chi connectivity index (χ1) is 15.0. The Bertz CT molecular complexity index is 970. The second-order valence-corrected chi connectivity index (χ2v) is 8.86. The first-order valence-electron chi connectivity index (χ1n) is 10.2. The summed E-state index contributed by atoms with van der Waals surface area (Å²) in [5.41, 5.74) is -1.29. The van der Waals surface area contributed by atoms with Crippen LogP contribution in [-0.2, 0) is 30.1 Å². The number of nitrogens with one attached hydrogen (secondary N) is 1. The van der Waals surface area contributed by atoms with Gasteiger partial charge in [-0.1, -0.05) is 11.6 Å². The van der Waals surface area contributed by atoms with Crippen molar-refractivity contribution in [3.8, 4) is 0 Å². The van der Waals surface area contributed by atoms with E-state index in [1.807, 2.05) is 0 Å². The van der Waals surface area contributed by atoms with Crippen LogP contribution < -0.4 is 5.32 Å². The minimum atomic E-state index is -4.63. The fourth-order valence-corrected chi connectivity index (χ4v) is 5.32. The molecule has 1 heterocycles. The second kappa shape index (κ2) is 8.06. The number of nitrogens with zero attached hydrogens (tertiary/aromatic N) is 1. The number of amides is 3. The van der Waals surface area contributed by atoms with Crippen LogP contribution >= 0.6 is 11.6 Å². The van der Waals surface area contributed by atoms with Crippen molar-refractivity contribution in [2.75, 3.05) is 11.9 Å². The molecule has 0 spiro atoms. The summed E-state index contributed by atoms with van der Waals surface area (Å²) in [6.07, 6.45) is -1.97. The molecule has 2 saturated carbocycles. The van der Waals surface area contributed by atoms with Gasteiger partial charge in [-0.3, -0.25) is 19.3 Å². The number of esters is 1. The van der Waals surface area contributed by atoms with E-state index < -0.39 is 36.3 Å². The highest BCUT2D eigenvalue weighted by Crippen LogP contribution is 2.56. The number of anilines is 1. The molecule has 3 fully saturated rings. The van der Waals surface area contributed by atoms with Gasteiger partial charge in [0, 0.05) is 0 Å². The Morgan fingerprint density at radius 3 is 2.34 bits per heavy atom. The van der Waals surface area contributed by atoms with Gasteiger partial charge < -0.3 is 10.1 Å². The lowest BCUT2D eigenvalue weighted by Crippen LogP contribution is -2.45. The summed E-state index contributed by atoms with van der Waals surface area (Å²) in [6.45, 7) is 0.534. The Labute approximate surface area is 186 Å². The van der Waals surface area contributed by atoms with Crippen molar-refractivity contribution in [2.45, 2.75) is 38.4 Å². The number of likely N-dealkylation sites (tertiary alicyclic amines) is 1. The molecular formula is C21H20ClF3N2O5. The van der Waals surface area contributed by atoms with E-state index in [1.54, 1.807) is 0 Å². The van der Waals surface area contributed by atoms with E-state index in [4.69, 9.17) is 16.3 Å². The van der Waals surface area contributed by atoms with E-state index in [2.05, 4.69) is 5.32 Å². The van der Waals surface area contributed by atoms with Gasteiger partial charge in [-0.2, -0.15) is 13.2 Å². The largest absolute Gasteiger partial charge is 0.454 e. The van der Waals surface area contributed by atoms with Gasteiger partial charge in [-0.15, -0.1) is 0 Å². The highest BCUT2D eigenvalue weighted by Gasteiger charge is 2.62. The van der Waals surface area contributed by atoms with E-state index in [0.29, 0.717) is 6.07 Å². The predicted octanol–water partition coefficient (Wildman–Crippen LogP) is 3.26. The molecule has 1 N–H and O–H groups in total. The quantitative estimate of drug-likeness (QED) is 0.524. The molecule has 1 aromatic rings. The summed E-state index contributed by atoms with van der Waals surface area (Å²) in [7, 11) is 0. The number of imide groups is 1. The van der Waals surface area contributed by atoms with Gasteiger partial charge in [-0.05, 0) is 56.2 Å². The van der Waals surface area contributed by atoms with Crippen molar-refractivity contribution in [3.63, 3.8) is 0 Å². The van der Waals surface area contributed by atoms with E-state index in [0.717, 1.165) is 36.3 Å². The van der Waals surface area contributed by atoms with Crippen LogP contribution in [0.3, 0.4) is 0 Å². The summed E-state index contributed by atoms with van der Waals surface area (Å²) < 4.78 is 43.4. The van der Waals surface area contributed by atoms with Crippen molar-refractivity contribution in [1.82, 2.24) is 4.90 Å². The molecule has 4 rings (SSSR count). The zero-order chi connectivity index (χ0) is 23.4. The molecule has 1 aliphatic heterocycles. The maximum absolute atomic E-state index is 12.8. The molecule has 1 saturated heterocycles. The number of fused-ring (bicyclic) bond motifs is 5. The first kappa shape index (κ1) is 22.6. The Morgan fingerprint density at radius 1 is 1.19 bits per heavy atom. The standard InChI is InChI=1S/C21H20ClF3N2O5/c1-9(27-18(29)16-10-2-3-11(6-10)17(16)19(27)30)20(31)32-8-15(28)26-14-7-12(21(23,24)25)4-5-13(14)22/h4-5,7,9-11,16-17H,2-3,6,8H2,1H3,(H,26,28)/t9-,10+,11+,16+,17+/m1/s1. The van der Waals surface area contributed by atoms with Crippen LogP contribution in [0, 0.1) is 23.7 Å². The number of carbonyl (C=O) groups excluding carboxylic acids is 4. The molecular weight excluding hydrogens is 453 g/mol. The molecule has 0 radical (unpaired) electrons. The van der Waals surface area contributed by atoms with Crippen molar-refractivity contribution >= 4 is 41.0 Å². The monoisotopic (exact) mass is 472 g/mol. The number of benzene rings is 1. The van der Waals surface area contributed by atoms with Gasteiger partial charge in [0.1, 0.15) is 6.04 Å². The molecule has 3 amide bonds. The van der Waals surface area contributed by atoms with Crippen LogP contribution in [0.15, 0.2) is 18.2 Å². The Hall–Kier alpha value is -2.62. The zero-order valence-electron chi connectivity index (χ0n) is 16.9. The lowest BCUT2D eigenvalue weighted by Gasteiger charge is -2.23. The van der Waals surface area contributed by atoms with Crippen LogP contribution in [-0.4, -0.2) is 41.2 Å². The number of halogens is 4. The third-order valence-electron chi connectivity index (χ3n) is 6.60. The normalized spacial score (nSPS) is 27.5. The van der Waals surface area contributed by atoms with E-state index in [-0.39, 0.29) is 46.2 Å². The lowest BCUT2D eigenvalue weighted by molar-refractivity contribution is -0.159. The number of rotatable bonds is 5. The fraction of sp³-hybridized carbons (Fsp3) is 0.524. The number of hydrogen-bond acceptors (Lipinski definition) is 5. The van der Waals surface area contributed by atoms with Gasteiger partial charge >= 0.3 is 12.1 Å². The molecule has 2 bridgehead atoms. The van der Waals surface area contributed by atoms with Crippen molar-refractivity contribution in [3.05, 3.63) is 28.8 Å². The Morgan fingerprint density at radius 2 is 1.78 bits per heavy atom. The molecule has 2 aliphatic carbocycles. The van der Waals surface area contributed by atoms with Gasteiger partial charge in [0.05, 0.1) is 28.1 Å². The van der Waals surface area contributed by atoms with Gasteiger partial charge in [0.25, 0.3) is 5.91 Å². The third-order valence-corrected chi connectivity index (χ3v) is 6.93. The molecule has 3 aliphatic rings. The minimum Gasteiger partial charge on any atom is -0.454 e. The van der Waals surface area contributed by atoms with Crippen LogP contribution in [0.2, 0.25) is 5.02 Å². The SMILES string of the molecule is C[C@H](C(=O)OCC(=O)Nc1cc(C(F)(F)F)ccc1Cl)N1C(=O)[C@H]2[C@H]3CC[C@@H](C3)[C@@H]2C1=O. The van der Waals surface area contributed by atoms with Crippen molar-refractivity contribution in [2.24, 2.45) is 23.7 Å². The van der Waals surface area contributed by atoms with Crippen LogP contribution in [0.5, 0.6) is 0 Å². The van der Waals surface area contributed by atoms with E-state index >= 15 is 0 Å². The average Bonchev–Trinajstić information content (AvgIpc) is 3.40. The van der Waals surface area contributed by atoms with Gasteiger partial charge in [-0.25, -0.2) is 4.79 Å². The number of hydrogen-bond donors (Lipinski definition) is 1. The molecule has 0 aromatic heterocycles. The molecule has 32 heavy (non-hydrogen) atoms. The maximum Gasteiger partial charge on any atom is 0.416 e. The second-order valence-electron chi connectivity index (χ2n) is 8.46. The number of ether oxygens (including phenoxy) is 1.